The van der Waals surface area contributed by atoms with Crippen LogP contribution in [0.5, 0.6) is 5.75 Å². The number of rotatable bonds is 6. The molecule has 128 valence electrons. The van der Waals surface area contributed by atoms with E-state index in [1.165, 1.54) is 15.3 Å². The van der Waals surface area contributed by atoms with Crippen molar-refractivity contribution in [1.29, 1.82) is 0 Å². The standard InChI is InChI=1S/C20H19NO2S2/c22-20(12-15-5-6-19-16(11-15)7-8-23-19)21(13-17-3-1-9-24-17)14-18-4-2-10-25-18/h1-6,9-11H,7-8,12-14H2. The van der Waals surface area contributed by atoms with Gasteiger partial charge >= 0.3 is 0 Å². The van der Waals surface area contributed by atoms with E-state index in [0.29, 0.717) is 19.5 Å². The van der Waals surface area contributed by atoms with E-state index in [1.54, 1.807) is 22.7 Å². The van der Waals surface area contributed by atoms with Crippen molar-refractivity contribution in [3.63, 3.8) is 0 Å². The number of carbonyl (C=O) groups is 1. The maximum absolute atomic E-state index is 13.0. The normalized spacial score (nSPS) is 12.6. The van der Waals surface area contributed by atoms with Gasteiger partial charge in [0.05, 0.1) is 26.1 Å². The second kappa shape index (κ2) is 7.42. The van der Waals surface area contributed by atoms with E-state index < -0.39 is 0 Å². The van der Waals surface area contributed by atoms with Crippen molar-refractivity contribution >= 4 is 28.6 Å². The Morgan fingerprint density at radius 3 is 2.40 bits per heavy atom. The van der Waals surface area contributed by atoms with Gasteiger partial charge in [-0.3, -0.25) is 4.79 Å². The van der Waals surface area contributed by atoms with Crippen LogP contribution in [-0.2, 0) is 30.7 Å². The number of thiophene rings is 2. The van der Waals surface area contributed by atoms with E-state index in [9.17, 15) is 4.79 Å². The van der Waals surface area contributed by atoms with E-state index in [-0.39, 0.29) is 5.91 Å². The predicted octanol–water partition coefficient (Wildman–Crippen LogP) is 4.52. The Balaban J connectivity index is 1.50. The van der Waals surface area contributed by atoms with Gasteiger partial charge in [-0.1, -0.05) is 24.3 Å². The first-order chi connectivity index (χ1) is 12.3. The number of amides is 1. The van der Waals surface area contributed by atoms with Gasteiger partial charge in [0.2, 0.25) is 5.91 Å². The number of hydrogen-bond donors (Lipinski definition) is 0. The molecule has 4 rings (SSSR count). The summed E-state index contributed by atoms with van der Waals surface area (Å²) in [6.45, 7) is 2.08. The molecule has 5 heteroatoms. The van der Waals surface area contributed by atoms with Crippen LogP contribution in [0.4, 0.5) is 0 Å². The summed E-state index contributed by atoms with van der Waals surface area (Å²) in [5.41, 5.74) is 2.28. The quantitative estimate of drug-likeness (QED) is 0.639. The Kier molecular flexibility index (Phi) is 4.85. The number of hydrogen-bond acceptors (Lipinski definition) is 4. The molecule has 25 heavy (non-hydrogen) atoms. The Bertz CT molecular complexity index is 804. The molecule has 1 aromatic carbocycles. The fourth-order valence-electron chi connectivity index (χ4n) is 3.05. The lowest BCUT2D eigenvalue weighted by Crippen LogP contribution is -2.30. The van der Waals surface area contributed by atoms with Crippen LogP contribution in [-0.4, -0.2) is 17.4 Å². The van der Waals surface area contributed by atoms with Crippen molar-refractivity contribution in [2.45, 2.75) is 25.9 Å². The molecule has 0 spiro atoms. The summed E-state index contributed by atoms with van der Waals surface area (Å²) < 4.78 is 5.55. The topological polar surface area (TPSA) is 29.5 Å². The highest BCUT2D eigenvalue weighted by molar-refractivity contribution is 7.10. The first kappa shape index (κ1) is 16.4. The maximum atomic E-state index is 13.0. The summed E-state index contributed by atoms with van der Waals surface area (Å²) in [5.74, 6) is 1.13. The van der Waals surface area contributed by atoms with Crippen LogP contribution in [0.25, 0.3) is 0 Å². The monoisotopic (exact) mass is 369 g/mol. The molecule has 0 unspecified atom stereocenters. The molecular weight excluding hydrogens is 350 g/mol. The van der Waals surface area contributed by atoms with Gasteiger partial charge in [0.1, 0.15) is 5.75 Å². The summed E-state index contributed by atoms with van der Waals surface area (Å²) >= 11 is 3.39. The molecule has 1 aliphatic heterocycles. The molecular formula is C20H19NO2S2. The Morgan fingerprint density at radius 1 is 1.04 bits per heavy atom. The van der Waals surface area contributed by atoms with Crippen LogP contribution in [0.3, 0.4) is 0 Å². The van der Waals surface area contributed by atoms with Gasteiger partial charge in [-0.25, -0.2) is 0 Å². The molecule has 0 atom stereocenters. The molecule has 3 heterocycles. The molecule has 0 aliphatic carbocycles. The van der Waals surface area contributed by atoms with Crippen LogP contribution < -0.4 is 4.74 Å². The summed E-state index contributed by atoms with van der Waals surface area (Å²) in [6.07, 6.45) is 1.37. The zero-order valence-electron chi connectivity index (χ0n) is 13.8. The molecule has 1 amide bonds. The van der Waals surface area contributed by atoms with Crippen molar-refractivity contribution in [3.05, 3.63) is 74.1 Å². The minimum atomic E-state index is 0.167. The minimum Gasteiger partial charge on any atom is -0.493 e. The highest BCUT2D eigenvalue weighted by Gasteiger charge is 2.18. The fourth-order valence-corrected chi connectivity index (χ4v) is 4.49. The Hall–Kier alpha value is -2.11. The lowest BCUT2D eigenvalue weighted by molar-refractivity contribution is -0.131. The van der Waals surface area contributed by atoms with Gasteiger partial charge in [0, 0.05) is 16.2 Å². The van der Waals surface area contributed by atoms with Gasteiger partial charge in [-0.2, -0.15) is 0 Å². The second-order valence-electron chi connectivity index (χ2n) is 6.13. The third-order valence-electron chi connectivity index (χ3n) is 4.32. The van der Waals surface area contributed by atoms with Gasteiger partial charge in [0.15, 0.2) is 0 Å². The molecule has 0 bridgehead atoms. The predicted molar refractivity (Wildman–Crippen MR) is 102 cm³/mol. The maximum Gasteiger partial charge on any atom is 0.227 e. The SMILES string of the molecule is O=C(Cc1ccc2c(c1)CCO2)N(Cc1cccs1)Cc1cccs1. The van der Waals surface area contributed by atoms with Crippen molar-refractivity contribution in [2.24, 2.45) is 0 Å². The van der Waals surface area contributed by atoms with Crippen molar-refractivity contribution in [2.75, 3.05) is 6.61 Å². The number of benzene rings is 1. The van der Waals surface area contributed by atoms with Gasteiger partial charge in [-0.15, -0.1) is 22.7 Å². The van der Waals surface area contributed by atoms with Crippen LogP contribution in [0.1, 0.15) is 20.9 Å². The third kappa shape index (κ3) is 3.94. The van der Waals surface area contributed by atoms with Gasteiger partial charge < -0.3 is 9.64 Å². The number of carbonyl (C=O) groups excluding carboxylic acids is 1. The van der Waals surface area contributed by atoms with Crippen LogP contribution in [0.15, 0.2) is 53.2 Å². The molecule has 3 aromatic rings. The molecule has 0 saturated carbocycles. The van der Waals surface area contributed by atoms with E-state index in [1.807, 2.05) is 29.2 Å². The van der Waals surface area contributed by atoms with Crippen LogP contribution in [0.2, 0.25) is 0 Å². The average molecular weight is 370 g/mol. The lowest BCUT2D eigenvalue weighted by atomic mass is 10.1. The summed E-state index contributed by atoms with van der Waals surface area (Å²) in [6, 6.07) is 14.4. The average Bonchev–Trinajstić information content (AvgIpc) is 3.36. The van der Waals surface area contributed by atoms with Crippen molar-refractivity contribution in [1.82, 2.24) is 4.90 Å². The van der Waals surface area contributed by atoms with Gasteiger partial charge in [0.25, 0.3) is 0 Å². The molecule has 0 fully saturated rings. The fraction of sp³-hybridized carbons (Fsp3) is 0.250. The van der Waals surface area contributed by atoms with Crippen LogP contribution >= 0.6 is 22.7 Å². The molecule has 0 N–H and O–H groups in total. The van der Waals surface area contributed by atoms with Gasteiger partial charge in [-0.05, 0) is 40.1 Å². The lowest BCUT2D eigenvalue weighted by Gasteiger charge is -2.22. The largest absolute Gasteiger partial charge is 0.493 e. The van der Waals surface area contributed by atoms with E-state index in [0.717, 1.165) is 24.3 Å². The first-order valence-electron chi connectivity index (χ1n) is 8.35. The first-order valence-corrected chi connectivity index (χ1v) is 10.1. The molecule has 0 saturated heterocycles. The highest BCUT2D eigenvalue weighted by Crippen LogP contribution is 2.26. The zero-order valence-corrected chi connectivity index (χ0v) is 15.4. The van der Waals surface area contributed by atoms with E-state index in [2.05, 4.69) is 29.0 Å². The summed E-state index contributed by atoms with van der Waals surface area (Å²) in [5, 5.41) is 4.12. The van der Waals surface area contributed by atoms with Crippen molar-refractivity contribution in [3.8, 4) is 5.75 Å². The zero-order chi connectivity index (χ0) is 17.1. The van der Waals surface area contributed by atoms with E-state index in [4.69, 9.17) is 4.74 Å². The number of fused-ring (bicyclic) bond motifs is 1. The molecule has 1 aliphatic rings. The summed E-state index contributed by atoms with van der Waals surface area (Å²) in [4.78, 5) is 17.4. The molecule has 0 radical (unpaired) electrons. The number of nitrogens with zero attached hydrogens (tertiary/aromatic N) is 1. The second-order valence-corrected chi connectivity index (χ2v) is 8.19. The number of ether oxygens (including phenoxy) is 1. The smallest absolute Gasteiger partial charge is 0.227 e. The Morgan fingerprint density at radius 2 is 1.76 bits per heavy atom. The van der Waals surface area contributed by atoms with Crippen molar-refractivity contribution < 1.29 is 9.53 Å². The van der Waals surface area contributed by atoms with E-state index >= 15 is 0 Å². The molecule has 3 nitrogen and oxygen atoms in total. The molecule has 2 aromatic heterocycles. The minimum absolute atomic E-state index is 0.167. The highest BCUT2D eigenvalue weighted by atomic mass is 32.1. The summed E-state index contributed by atoms with van der Waals surface area (Å²) in [7, 11) is 0. The third-order valence-corrected chi connectivity index (χ3v) is 6.04. The Labute approximate surface area is 155 Å². The van der Waals surface area contributed by atoms with Crippen LogP contribution in [0, 0.1) is 0 Å².